The second-order valence-electron chi connectivity index (χ2n) is 14.9. The molecule has 57 heavy (non-hydrogen) atoms. The molecule has 0 aliphatic rings. The predicted octanol–water partition coefficient (Wildman–Crippen LogP) is 14.3. The molecule has 2 aromatic heterocycles. The van der Waals surface area contributed by atoms with Crippen LogP contribution in [0.25, 0.3) is 115 Å². The monoisotopic (exact) mass is 723 g/mol. The topological polar surface area (TPSA) is 30.7 Å². The third-order valence-corrected chi connectivity index (χ3v) is 11.8. The highest BCUT2D eigenvalue weighted by Crippen LogP contribution is 2.41. The van der Waals surface area contributed by atoms with Crippen LogP contribution in [0.5, 0.6) is 0 Å². The Balaban J connectivity index is 1.09. The maximum absolute atomic E-state index is 5.47. The van der Waals surface area contributed by atoms with Crippen LogP contribution in [0.3, 0.4) is 0 Å². The minimum atomic E-state index is 0.844. The van der Waals surface area contributed by atoms with E-state index in [2.05, 4.69) is 199 Å². The van der Waals surface area contributed by atoms with Crippen molar-refractivity contribution in [3.05, 3.63) is 200 Å². The summed E-state index contributed by atoms with van der Waals surface area (Å²) in [6, 6.07) is 70.1. The van der Waals surface area contributed by atoms with Gasteiger partial charge in [0.05, 0.1) is 34.0 Å². The molecule has 0 radical (unpaired) electrons. The molecule has 0 saturated heterocycles. The number of fused-ring (bicyclic) bond motifs is 11. The van der Waals surface area contributed by atoms with Crippen LogP contribution in [-0.2, 0) is 0 Å². The van der Waals surface area contributed by atoms with Gasteiger partial charge >= 0.3 is 0 Å². The average Bonchev–Trinajstić information content (AvgIpc) is 3.62. The quantitative estimate of drug-likeness (QED) is 0.169. The zero-order valence-electron chi connectivity index (χ0n) is 30.9. The number of aromatic nitrogens is 3. The van der Waals surface area contributed by atoms with Gasteiger partial charge in [0.2, 0.25) is 0 Å². The van der Waals surface area contributed by atoms with Gasteiger partial charge in [0.25, 0.3) is 0 Å². The molecule has 264 valence electrons. The van der Waals surface area contributed by atoms with Crippen LogP contribution in [0.2, 0.25) is 0 Å². The minimum Gasteiger partial charge on any atom is -0.309 e. The first kappa shape index (κ1) is 31.7. The van der Waals surface area contributed by atoms with Crippen molar-refractivity contribution in [1.29, 1.82) is 0 Å². The van der Waals surface area contributed by atoms with Crippen LogP contribution >= 0.6 is 0 Å². The van der Waals surface area contributed by atoms with Gasteiger partial charge in [0, 0.05) is 32.8 Å². The van der Waals surface area contributed by atoms with Crippen LogP contribution in [0, 0.1) is 0 Å². The van der Waals surface area contributed by atoms with Crippen LogP contribution in [0.4, 0.5) is 0 Å². The van der Waals surface area contributed by atoms with E-state index in [0.29, 0.717) is 0 Å². The maximum Gasteiger partial charge on any atom is 0.0979 e. The third kappa shape index (κ3) is 4.92. The van der Waals surface area contributed by atoms with Gasteiger partial charge in [-0.15, -0.1) is 0 Å². The molecule has 0 aliphatic carbocycles. The lowest BCUT2D eigenvalue weighted by molar-refractivity contribution is 1.18. The normalized spacial score (nSPS) is 11.9. The Morgan fingerprint density at radius 1 is 0.333 bits per heavy atom. The Labute approximate surface area is 328 Å². The summed E-state index contributed by atoms with van der Waals surface area (Å²) in [7, 11) is 0. The molecule has 10 aromatic carbocycles. The number of rotatable bonds is 4. The van der Waals surface area contributed by atoms with E-state index in [1.54, 1.807) is 0 Å². The van der Waals surface area contributed by atoms with Gasteiger partial charge < -0.3 is 4.57 Å². The summed E-state index contributed by atoms with van der Waals surface area (Å²) in [5.41, 5.74) is 11.9. The highest BCUT2D eigenvalue weighted by atomic mass is 15.0. The number of para-hydroxylation sites is 2. The van der Waals surface area contributed by atoms with Crippen LogP contribution in [-0.4, -0.2) is 14.5 Å². The molecule has 12 aromatic rings. The van der Waals surface area contributed by atoms with Gasteiger partial charge in [-0.05, 0) is 91.0 Å². The van der Waals surface area contributed by atoms with Crippen molar-refractivity contribution in [1.82, 2.24) is 14.5 Å². The van der Waals surface area contributed by atoms with E-state index in [4.69, 9.17) is 9.97 Å². The molecule has 2 heterocycles. The lowest BCUT2D eigenvalue weighted by Gasteiger charge is -2.15. The SMILES string of the molecule is c1cc(-c2cnc3c4ccc(-c5cccc6ccccc56)cc4c4cc(-c5cccc6ccccc56)ccc4c3n2)cc(-n2c3ccccc3c3ccccc32)c1. The molecule has 0 bridgehead atoms. The van der Waals surface area contributed by atoms with E-state index in [0.717, 1.165) is 44.1 Å². The molecule has 3 heteroatoms. The zero-order valence-corrected chi connectivity index (χ0v) is 30.9. The Morgan fingerprint density at radius 2 is 0.842 bits per heavy atom. The van der Waals surface area contributed by atoms with Gasteiger partial charge in [0.1, 0.15) is 0 Å². The van der Waals surface area contributed by atoms with E-state index in [9.17, 15) is 0 Å². The molecule has 0 saturated carbocycles. The fourth-order valence-corrected chi connectivity index (χ4v) is 9.15. The smallest absolute Gasteiger partial charge is 0.0979 e. The fourth-order valence-electron chi connectivity index (χ4n) is 9.15. The van der Waals surface area contributed by atoms with E-state index in [1.165, 1.54) is 71.0 Å². The van der Waals surface area contributed by atoms with Gasteiger partial charge in [-0.25, -0.2) is 4.98 Å². The molecular formula is C54H33N3. The summed E-state index contributed by atoms with van der Waals surface area (Å²) in [5, 5.41) is 11.9. The van der Waals surface area contributed by atoms with Crippen molar-refractivity contribution >= 4 is 75.9 Å². The summed E-state index contributed by atoms with van der Waals surface area (Å²) in [6.45, 7) is 0. The Hall–Kier alpha value is -7.62. The number of hydrogen-bond donors (Lipinski definition) is 0. The van der Waals surface area contributed by atoms with Gasteiger partial charge in [-0.1, -0.05) is 158 Å². The molecule has 0 atom stereocenters. The summed E-state index contributed by atoms with van der Waals surface area (Å²) in [4.78, 5) is 10.7. The van der Waals surface area contributed by atoms with Crippen LogP contribution in [0.1, 0.15) is 0 Å². The lowest BCUT2D eigenvalue weighted by atomic mass is 9.91. The van der Waals surface area contributed by atoms with E-state index in [-0.39, 0.29) is 0 Å². The van der Waals surface area contributed by atoms with Gasteiger partial charge in [0.15, 0.2) is 0 Å². The first-order valence-corrected chi connectivity index (χ1v) is 19.5. The van der Waals surface area contributed by atoms with Crippen molar-refractivity contribution in [2.45, 2.75) is 0 Å². The standard InChI is InChI=1S/C54H33N3/c1-3-18-40-34(12-1)14-10-22-42(40)36-26-28-46-48(31-36)49-32-37(43-23-11-15-35-13-2-4-19-41(35)43)27-29-47(49)54-53(46)55-33-50(56-54)38-16-9-17-39(30-38)57-51-24-7-5-20-44(51)45-21-6-8-25-52(45)57/h1-33H. The average molecular weight is 724 g/mol. The third-order valence-electron chi connectivity index (χ3n) is 11.8. The second-order valence-corrected chi connectivity index (χ2v) is 14.9. The minimum absolute atomic E-state index is 0.844. The summed E-state index contributed by atoms with van der Waals surface area (Å²) in [6.07, 6.45) is 1.95. The van der Waals surface area contributed by atoms with Crippen molar-refractivity contribution < 1.29 is 0 Å². The maximum atomic E-state index is 5.47. The first-order chi connectivity index (χ1) is 28.3. The van der Waals surface area contributed by atoms with E-state index < -0.39 is 0 Å². The van der Waals surface area contributed by atoms with Crippen molar-refractivity contribution in [3.8, 4) is 39.2 Å². The molecule has 3 nitrogen and oxygen atoms in total. The predicted molar refractivity (Wildman–Crippen MR) is 240 cm³/mol. The van der Waals surface area contributed by atoms with Gasteiger partial charge in [-0.2, -0.15) is 0 Å². The molecule has 12 rings (SSSR count). The summed E-state index contributed by atoms with van der Waals surface area (Å²) in [5.74, 6) is 0. The molecule has 0 N–H and O–H groups in total. The second kappa shape index (κ2) is 12.5. The largest absolute Gasteiger partial charge is 0.309 e. The highest BCUT2D eigenvalue weighted by Gasteiger charge is 2.17. The molecule has 0 amide bonds. The summed E-state index contributed by atoms with van der Waals surface area (Å²) >= 11 is 0. The molecule has 0 spiro atoms. The Morgan fingerprint density at radius 3 is 1.46 bits per heavy atom. The van der Waals surface area contributed by atoms with Crippen molar-refractivity contribution in [2.24, 2.45) is 0 Å². The number of benzene rings is 10. The van der Waals surface area contributed by atoms with Crippen LogP contribution in [0.15, 0.2) is 200 Å². The van der Waals surface area contributed by atoms with E-state index >= 15 is 0 Å². The molecule has 0 unspecified atom stereocenters. The molecule has 0 aliphatic heterocycles. The van der Waals surface area contributed by atoms with Gasteiger partial charge in [-0.3, -0.25) is 4.98 Å². The highest BCUT2D eigenvalue weighted by molar-refractivity contribution is 6.25. The molecule has 0 fully saturated rings. The fraction of sp³-hybridized carbons (Fsp3) is 0. The van der Waals surface area contributed by atoms with E-state index in [1.807, 2.05) is 6.20 Å². The van der Waals surface area contributed by atoms with Crippen molar-refractivity contribution in [3.63, 3.8) is 0 Å². The Kier molecular flexibility index (Phi) is 6.93. The number of hydrogen-bond acceptors (Lipinski definition) is 2. The number of nitrogens with zero attached hydrogens (tertiary/aromatic N) is 3. The van der Waals surface area contributed by atoms with Crippen LogP contribution < -0.4 is 0 Å². The van der Waals surface area contributed by atoms with Crippen molar-refractivity contribution in [2.75, 3.05) is 0 Å². The summed E-state index contributed by atoms with van der Waals surface area (Å²) < 4.78 is 2.36. The first-order valence-electron chi connectivity index (χ1n) is 19.5. The molecular weight excluding hydrogens is 691 g/mol. The Bertz CT molecular complexity index is 3530. The zero-order chi connectivity index (χ0) is 37.5. The lowest BCUT2D eigenvalue weighted by Crippen LogP contribution is -1.96.